The fraction of sp³-hybridized carbons (Fsp3) is 0.368. The van der Waals surface area contributed by atoms with Crippen LogP contribution in [0.4, 0.5) is 5.82 Å². The number of halogens is 1. The molecule has 0 saturated carbocycles. The molecule has 30 heavy (non-hydrogen) atoms. The van der Waals surface area contributed by atoms with Crippen molar-refractivity contribution >= 4 is 38.8 Å². The number of carbonyl (C=O) groups excluding carboxylic acids is 1. The van der Waals surface area contributed by atoms with E-state index in [-0.39, 0.29) is 13.0 Å². The number of ether oxygens (including phenoxy) is 2. The van der Waals surface area contributed by atoms with Gasteiger partial charge in [0.05, 0.1) is 19.4 Å². The van der Waals surface area contributed by atoms with Gasteiger partial charge >= 0.3 is 0 Å². The maximum Gasteiger partial charge on any atom is 0.220 e. The second-order valence-corrected chi connectivity index (χ2v) is 8.38. The number of anilines is 1. The van der Waals surface area contributed by atoms with E-state index >= 15 is 0 Å². The number of benzene rings is 1. The first-order valence-electron chi connectivity index (χ1n) is 9.38. The van der Waals surface area contributed by atoms with Gasteiger partial charge in [0.2, 0.25) is 5.91 Å². The largest absolute Gasteiger partial charge is 0.387 e. The van der Waals surface area contributed by atoms with Crippen molar-refractivity contribution in [3.63, 3.8) is 0 Å². The lowest BCUT2D eigenvalue weighted by molar-refractivity contribution is -0.177. The number of rotatable bonds is 6. The summed E-state index contributed by atoms with van der Waals surface area (Å²) in [5.74, 6) is 0.0194. The summed E-state index contributed by atoms with van der Waals surface area (Å²) in [5, 5.41) is 13.9. The number of imidazole rings is 1. The first-order chi connectivity index (χ1) is 14.5. The molecule has 0 radical (unpaired) electrons. The third-order valence-corrected chi connectivity index (χ3v) is 5.96. The lowest BCUT2D eigenvalue weighted by Crippen LogP contribution is -2.44. The molecule has 2 saturated heterocycles. The molecule has 2 bridgehead atoms. The van der Waals surface area contributed by atoms with E-state index in [0.717, 1.165) is 10.0 Å². The average molecular weight is 475 g/mol. The molecule has 10 nitrogen and oxygen atoms in total. The van der Waals surface area contributed by atoms with Gasteiger partial charge in [-0.3, -0.25) is 9.36 Å². The Morgan fingerprint density at radius 3 is 3.07 bits per heavy atom. The molecule has 4 N–H and O–H groups in total. The lowest BCUT2D eigenvalue weighted by Gasteiger charge is -2.30. The van der Waals surface area contributed by atoms with Crippen molar-refractivity contribution in [3.05, 3.63) is 47.0 Å². The zero-order chi connectivity index (χ0) is 20.9. The van der Waals surface area contributed by atoms with Crippen LogP contribution in [0.3, 0.4) is 0 Å². The van der Waals surface area contributed by atoms with Gasteiger partial charge in [-0.15, -0.1) is 0 Å². The van der Waals surface area contributed by atoms with Crippen molar-refractivity contribution in [2.75, 3.05) is 11.9 Å². The van der Waals surface area contributed by atoms with E-state index in [2.05, 4.69) is 36.2 Å². The molecule has 0 aliphatic carbocycles. The Balaban J connectivity index is 1.42. The highest BCUT2D eigenvalue weighted by Gasteiger charge is 2.62. The fourth-order valence-corrected chi connectivity index (χ4v) is 4.52. The van der Waals surface area contributed by atoms with Crippen molar-refractivity contribution in [2.24, 2.45) is 5.73 Å². The Morgan fingerprint density at radius 1 is 1.40 bits per heavy atom. The minimum absolute atomic E-state index is 0.110. The molecule has 0 unspecified atom stereocenters. The quantitative estimate of drug-likeness (QED) is 0.482. The SMILES string of the molecule is NC(=O)C[C@]12CO[C@@H]([C@H](n3cnc4c(NCc5cccc(Br)c5)ncnc43)O1)[C@@H]2O. The molecule has 3 aromatic rings. The van der Waals surface area contributed by atoms with Gasteiger partial charge in [0.1, 0.15) is 24.1 Å². The van der Waals surface area contributed by atoms with Crippen LogP contribution in [-0.2, 0) is 20.8 Å². The summed E-state index contributed by atoms with van der Waals surface area (Å²) in [6.45, 7) is 0.670. The van der Waals surface area contributed by atoms with Gasteiger partial charge in [0.15, 0.2) is 23.2 Å². The Morgan fingerprint density at radius 2 is 2.27 bits per heavy atom. The zero-order valence-corrected chi connectivity index (χ0v) is 17.3. The number of nitrogens with zero attached hydrogens (tertiary/aromatic N) is 4. The van der Waals surface area contributed by atoms with Crippen LogP contribution in [0.25, 0.3) is 11.2 Å². The minimum atomic E-state index is -1.15. The minimum Gasteiger partial charge on any atom is -0.387 e. The van der Waals surface area contributed by atoms with Crippen LogP contribution in [0.1, 0.15) is 18.2 Å². The first kappa shape index (κ1) is 19.4. The van der Waals surface area contributed by atoms with E-state index < -0.39 is 29.9 Å². The summed E-state index contributed by atoms with van der Waals surface area (Å²) >= 11 is 3.46. The highest BCUT2D eigenvalue weighted by atomic mass is 79.9. The van der Waals surface area contributed by atoms with Gasteiger partial charge in [-0.1, -0.05) is 28.1 Å². The van der Waals surface area contributed by atoms with E-state index in [1.165, 1.54) is 6.33 Å². The van der Waals surface area contributed by atoms with Gasteiger partial charge in [0.25, 0.3) is 0 Å². The van der Waals surface area contributed by atoms with Gasteiger partial charge in [0, 0.05) is 11.0 Å². The second kappa shape index (κ2) is 7.27. The Bertz CT molecular complexity index is 1120. The van der Waals surface area contributed by atoms with Crippen molar-refractivity contribution in [1.29, 1.82) is 0 Å². The third-order valence-electron chi connectivity index (χ3n) is 5.46. The van der Waals surface area contributed by atoms with E-state index in [1.54, 1.807) is 10.9 Å². The van der Waals surface area contributed by atoms with Gasteiger partial charge in [-0.05, 0) is 17.7 Å². The Labute approximate surface area is 179 Å². The molecule has 1 aromatic carbocycles. The smallest absolute Gasteiger partial charge is 0.220 e. The molecule has 1 amide bonds. The van der Waals surface area contributed by atoms with E-state index in [0.29, 0.717) is 23.5 Å². The summed E-state index contributed by atoms with van der Waals surface area (Å²) in [5.41, 5.74) is 6.38. The molecule has 156 valence electrons. The number of hydrogen-bond acceptors (Lipinski definition) is 8. The zero-order valence-electron chi connectivity index (χ0n) is 15.7. The standard InChI is InChI=1S/C19H19BrN6O4/c20-11-3-1-2-10(4-11)6-22-16-13-17(24-8-23-16)26(9-25-13)18-14-15(28)19(30-18,7-29-14)5-12(21)27/h1-4,8-9,14-15,18,28H,5-7H2,(H2,21,27)(H,22,23,24)/t14-,15+,18-,19-/m1/s1. The number of carbonyl (C=O) groups is 1. The number of nitrogens with two attached hydrogens (primary N) is 1. The molecule has 4 heterocycles. The molecule has 2 aromatic heterocycles. The van der Waals surface area contributed by atoms with Crippen LogP contribution in [0.2, 0.25) is 0 Å². The average Bonchev–Trinajstić information content (AvgIpc) is 3.35. The number of nitrogens with one attached hydrogen (secondary N) is 1. The molecule has 5 rings (SSSR count). The summed E-state index contributed by atoms with van der Waals surface area (Å²) in [6.07, 6.45) is 0.600. The summed E-state index contributed by atoms with van der Waals surface area (Å²) in [6, 6.07) is 7.95. The highest BCUT2D eigenvalue weighted by Crippen LogP contribution is 2.47. The number of fused-ring (bicyclic) bond motifs is 3. The Hall–Kier alpha value is -2.60. The van der Waals surface area contributed by atoms with Crippen LogP contribution in [-0.4, -0.2) is 54.9 Å². The maximum atomic E-state index is 11.5. The monoisotopic (exact) mass is 474 g/mol. The molecule has 2 aliphatic rings. The maximum absolute atomic E-state index is 11.5. The summed E-state index contributed by atoms with van der Waals surface area (Å²) < 4.78 is 14.5. The molecule has 0 spiro atoms. The molecular weight excluding hydrogens is 456 g/mol. The van der Waals surface area contributed by atoms with Crippen LogP contribution in [0, 0.1) is 0 Å². The number of aliphatic hydroxyl groups is 1. The topological polar surface area (TPSA) is 137 Å². The van der Waals surface area contributed by atoms with Crippen LogP contribution < -0.4 is 11.1 Å². The van der Waals surface area contributed by atoms with Crippen molar-refractivity contribution in [1.82, 2.24) is 19.5 Å². The van der Waals surface area contributed by atoms with Gasteiger partial charge in [-0.2, -0.15) is 0 Å². The van der Waals surface area contributed by atoms with Gasteiger partial charge in [-0.25, -0.2) is 15.0 Å². The lowest BCUT2D eigenvalue weighted by atomic mass is 9.95. The molecular formula is C19H19BrN6O4. The normalized spacial score (nSPS) is 27.6. The van der Waals surface area contributed by atoms with E-state index in [1.807, 2.05) is 24.3 Å². The highest BCUT2D eigenvalue weighted by molar-refractivity contribution is 9.10. The number of amides is 1. The van der Waals surface area contributed by atoms with Crippen molar-refractivity contribution < 1.29 is 19.4 Å². The number of hydrogen-bond donors (Lipinski definition) is 3. The van der Waals surface area contributed by atoms with Crippen LogP contribution in [0.15, 0.2) is 41.4 Å². The predicted molar refractivity (Wildman–Crippen MR) is 109 cm³/mol. The predicted octanol–water partition coefficient (Wildman–Crippen LogP) is 1.10. The van der Waals surface area contributed by atoms with Crippen LogP contribution >= 0.6 is 15.9 Å². The van der Waals surface area contributed by atoms with Crippen molar-refractivity contribution in [3.8, 4) is 0 Å². The number of primary amides is 1. The summed E-state index contributed by atoms with van der Waals surface area (Å²) in [4.78, 5) is 24.6. The fourth-order valence-electron chi connectivity index (χ4n) is 4.07. The molecule has 11 heteroatoms. The summed E-state index contributed by atoms with van der Waals surface area (Å²) in [7, 11) is 0. The van der Waals surface area contributed by atoms with Crippen LogP contribution in [0.5, 0.6) is 0 Å². The van der Waals surface area contributed by atoms with E-state index in [9.17, 15) is 9.90 Å². The first-order valence-corrected chi connectivity index (χ1v) is 10.2. The van der Waals surface area contributed by atoms with Crippen molar-refractivity contribution in [2.45, 2.75) is 37.0 Å². The third kappa shape index (κ3) is 3.14. The molecule has 2 aliphatic heterocycles. The number of aromatic nitrogens is 4. The van der Waals surface area contributed by atoms with E-state index in [4.69, 9.17) is 15.2 Å². The van der Waals surface area contributed by atoms with Gasteiger partial charge < -0.3 is 25.6 Å². The Kier molecular flexibility index (Phi) is 4.69. The molecule has 2 fully saturated rings. The molecule has 4 atom stereocenters. The second-order valence-electron chi connectivity index (χ2n) is 7.47. The number of aliphatic hydroxyl groups excluding tert-OH is 1.